The monoisotopic (exact) mass is 246 g/mol. The van der Waals surface area contributed by atoms with E-state index in [2.05, 4.69) is 9.97 Å². The zero-order valence-electron chi connectivity index (χ0n) is 9.71. The van der Waals surface area contributed by atoms with Crippen molar-refractivity contribution in [2.24, 2.45) is 0 Å². The number of aliphatic hydroxyl groups excluding tert-OH is 1. The second kappa shape index (κ2) is 5.33. The van der Waals surface area contributed by atoms with Gasteiger partial charge in [0.2, 0.25) is 11.8 Å². The molecule has 6 heteroatoms. The maximum absolute atomic E-state index is 8.98. The van der Waals surface area contributed by atoms with Crippen molar-refractivity contribution in [2.45, 2.75) is 6.42 Å². The molecule has 0 saturated heterocycles. The summed E-state index contributed by atoms with van der Waals surface area (Å²) in [4.78, 5) is 7.69. The summed E-state index contributed by atoms with van der Waals surface area (Å²) in [7, 11) is 0. The Morgan fingerprint density at radius 3 is 2.67 bits per heavy atom. The molecule has 5 N–H and O–H groups in total. The van der Waals surface area contributed by atoms with Gasteiger partial charge in [0, 0.05) is 12.7 Å². The maximum Gasteiger partial charge on any atom is 0.226 e. The molecular formula is C12H14N4O2. The molecule has 0 radical (unpaired) electrons. The second-order valence-corrected chi connectivity index (χ2v) is 3.67. The number of nitrogen functional groups attached to an aromatic ring is 2. The summed E-state index contributed by atoms with van der Waals surface area (Å²) in [6.07, 6.45) is 0.506. The van der Waals surface area contributed by atoms with E-state index in [-0.39, 0.29) is 24.3 Å². The lowest BCUT2D eigenvalue weighted by molar-refractivity contribution is 0.297. The van der Waals surface area contributed by atoms with Crippen molar-refractivity contribution in [3.63, 3.8) is 0 Å². The molecule has 6 nitrogen and oxygen atoms in total. The SMILES string of the molecule is Nc1cc(Oc2ccccc2CCO)nc(N)n1. The number of anilines is 2. The van der Waals surface area contributed by atoms with Gasteiger partial charge in [0.1, 0.15) is 11.6 Å². The number of aliphatic hydroxyl groups is 1. The summed E-state index contributed by atoms with van der Waals surface area (Å²) < 4.78 is 5.60. The minimum absolute atomic E-state index is 0.0500. The fourth-order valence-electron chi connectivity index (χ4n) is 1.56. The average Bonchev–Trinajstić information content (AvgIpc) is 2.30. The van der Waals surface area contributed by atoms with E-state index in [1.807, 2.05) is 18.2 Å². The number of hydrogen-bond acceptors (Lipinski definition) is 6. The summed E-state index contributed by atoms with van der Waals surface area (Å²) in [5, 5.41) is 8.98. The van der Waals surface area contributed by atoms with E-state index < -0.39 is 0 Å². The number of para-hydroxylation sites is 1. The fraction of sp³-hybridized carbons (Fsp3) is 0.167. The molecule has 2 aromatic rings. The van der Waals surface area contributed by atoms with Gasteiger partial charge in [0.05, 0.1) is 0 Å². The van der Waals surface area contributed by atoms with Crippen molar-refractivity contribution in [1.29, 1.82) is 0 Å². The molecule has 0 bridgehead atoms. The third kappa shape index (κ3) is 2.86. The first-order valence-electron chi connectivity index (χ1n) is 5.45. The minimum atomic E-state index is 0.0500. The van der Waals surface area contributed by atoms with Crippen LogP contribution in [-0.4, -0.2) is 21.7 Å². The highest BCUT2D eigenvalue weighted by atomic mass is 16.5. The standard InChI is InChI=1S/C12H14N4O2/c13-10-7-11(16-12(14)15-10)18-9-4-2-1-3-8(9)5-6-17/h1-4,7,17H,5-6H2,(H4,13,14,15,16). The van der Waals surface area contributed by atoms with Gasteiger partial charge in [-0.25, -0.2) is 0 Å². The Bertz CT molecular complexity index is 525. The van der Waals surface area contributed by atoms with E-state index in [9.17, 15) is 0 Å². The molecule has 0 atom stereocenters. The van der Waals surface area contributed by atoms with E-state index >= 15 is 0 Å². The first-order valence-corrected chi connectivity index (χ1v) is 5.45. The van der Waals surface area contributed by atoms with Crippen LogP contribution >= 0.6 is 0 Å². The molecule has 0 spiro atoms. The van der Waals surface area contributed by atoms with Crippen LogP contribution in [0.15, 0.2) is 30.3 Å². The highest BCUT2D eigenvalue weighted by Crippen LogP contribution is 2.25. The van der Waals surface area contributed by atoms with Crippen molar-refractivity contribution < 1.29 is 9.84 Å². The molecule has 0 amide bonds. The van der Waals surface area contributed by atoms with Crippen LogP contribution in [0.5, 0.6) is 11.6 Å². The van der Waals surface area contributed by atoms with Crippen LogP contribution in [0.25, 0.3) is 0 Å². The van der Waals surface area contributed by atoms with Gasteiger partial charge in [-0.2, -0.15) is 9.97 Å². The maximum atomic E-state index is 8.98. The summed E-state index contributed by atoms with van der Waals surface area (Å²) in [5.41, 5.74) is 11.9. The Labute approximate surface area is 104 Å². The second-order valence-electron chi connectivity index (χ2n) is 3.67. The van der Waals surface area contributed by atoms with Crippen LogP contribution in [0, 0.1) is 0 Å². The Morgan fingerprint density at radius 2 is 1.94 bits per heavy atom. The molecule has 18 heavy (non-hydrogen) atoms. The van der Waals surface area contributed by atoms with Gasteiger partial charge >= 0.3 is 0 Å². The Kier molecular flexibility index (Phi) is 3.59. The molecule has 0 aliphatic heterocycles. The molecule has 0 aliphatic rings. The van der Waals surface area contributed by atoms with Crippen molar-refractivity contribution in [3.05, 3.63) is 35.9 Å². The summed E-state index contributed by atoms with van der Waals surface area (Å²) >= 11 is 0. The van der Waals surface area contributed by atoms with Crippen LogP contribution in [0.2, 0.25) is 0 Å². The largest absolute Gasteiger partial charge is 0.438 e. The topological polar surface area (TPSA) is 107 Å². The van der Waals surface area contributed by atoms with Crippen molar-refractivity contribution in [1.82, 2.24) is 9.97 Å². The number of ether oxygens (including phenoxy) is 1. The van der Waals surface area contributed by atoms with Gasteiger partial charge in [0.25, 0.3) is 0 Å². The molecule has 0 aliphatic carbocycles. The van der Waals surface area contributed by atoms with Gasteiger partial charge in [-0.3, -0.25) is 0 Å². The summed E-state index contributed by atoms with van der Waals surface area (Å²) in [6, 6.07) is 8.87. The molecule has 1 heterocycles. The van der Waals surface area contributed by atoms with E-state index in [0.29, 0.717) is 12.2 Å². The van der Waals surface area contributed by atoms with E-state index in [1.165, 1.54) is 6.07 Å². The quantitative estimate of drug-likeness (QED) is 0.742. The third-order valence-corrected chi connectivity index (χ3v) is 2.31. The number of aromatic nitrogens is 2. The zero-order valence-corrected chi connectivity index (χ0v) is 9.71. The molecule has 1 aromatic carbocycles. The fourth-order valence-corrected chi connectivity index (χ4v) is 1.56. The van der Waals surface area contributed by atoms with Crippen LogP contribution < -0.4 is 16.2 Å². The van der Waals surface area contributed by atoms with Crippen LogP contribution in [0.3, 0.4) is 0 Å². The molecule has 2 rings (SSSR count). The van der Waals surface area contributed by atoms with Crippen molar-refractivity contribution in [2.75, 3.05) is 18.1 Å². The lowest BCUT2D eigenvalue weighted by atomic mass is 10.1. The van der Waals surface area contributed by atoms with Gasteiger partial charge in [-0.05, 0) is 18.1 Å². The predicted octanol–water partition coefficient (Wildman–Crippen LogP) is 0.968. The van der Waals surface area contributed by atoms with E-state index in [0.717, 1.165) is 5.56 Å². The molecule has 0 unspecified atom stereocenters. The first-order chi connectivity index (χ1) is 8.69. The number of nitrogens with zero attached hydrogens (tertiary/aromatic N) is 2. The number of nitrogens with two attached hydrogens (primary N) is 2. The Balaban J connectivity index is 2.27. The number of rotatable bonds is 4. The highest BCUT2D eigenvalue weighted by Gasteiger charge is 2.06. The van der Waals surface area contributed by atoms with Gasteiger partial charge in [-0.1, -0.05) is 18.2 Å². The predicted molar refractivity (Wildman–Crippen MR) is 68.2 cm³/mol. The number of hydrogen-bond donors (Lipinski definition) is 3. The molecule has 94 valence electrons. The van der Waals surface area contributed by atoms with E-state index in [4.69, 9.17) is 21.3 Å². The van der Waals surface area contributed by atoms with Crippen LogP contribution in [-0.2, 0) is 6.42 Å². The molecule has 1 aromatic heterocycles. The minimum Gasteiger partial charge on any atom is -0.438 e. The first kappa shape index (κ1) is 12.1. The normalized spacial score (nSPS) is 10.3. The molecule has 0 saturated carbocycles. The smallest absolute Gasteiger partial charge is 0.226 e. The van der Waals surface area contributed by atoms with Gasteiger partial charge < -0.3 is 21.3 Å². The van der Waals surface area contributed by atoms with Crippen LogP contribution in [0.4, 0.5) is 11.8 Å². The van der Waals surface area contributed by atoms with Gasteiger partial charge in [0.15, 0.2) is 0 Å². The Hall–Kier alpha value is -2.34. The average molecular weight is 246 g/mol. The van der Waals surface area contributed by atoms with Gasteiger partial charge in [-0.15, -0.1) is 0 Å². The van der Waals surface area contributed by atoms with Crippen molar-refractivity contribution >= 4 is 11.8 Å². The third-order valence-electron chi connectivity index (χ3n) is 2.31. The summed E-state index contributed by atoms with van der Waals surface area (Å²) in [6.45, 7) is 0.0500. The molecule has 0 fully saturated rings. The molecular weight excluding hydrogens is 232 g/mol. The number of benzene rings is 1. The van der Waals surface area contributed by atoms with E-state index in [1.54, 1.807) is 6.07 Å². The lowest BCUT2D eigenvalue weighted by Crippen LogP contribution is -2.02. The van der Waals surface area contributed by atoms with Crippen molar-refractivity contribution in [3.8, 4) is 11.6 Å². The summed E-state index contributed by atoms with van der Waals surface area (Å²) in [5.74, 6) is 1.20. The highest BCUT2D eigenvalue weighted by molar-refractivity contribution is 5.42. The Morgan fingerprint density at radius 1 is 1.17 bits per heavy atom. The lowest BCUT2D eigenvalue weighted by Gasteiger charge is -2.10. The van der Waals surface area contributed by atoms with Crippen LogP contribution in [0.1, 0.15) is 5.56 Å². The zero-order chi connectivity index (χ0) is 13.0.